The molecule has 0 amide bonds. The molecular weight excluding hydrogens is 276 g/mol. The Labute approximate surface area is 130 Å². The van der Waals surface area contributed by atoms with Crippen LogP contribution in [0.3, 0.4) is 0 Å². The molecule has 6 nitrogen and oxygen atoms in total. The predicted molar refractivity (Wildman–Crippen MR) is 82.0 cm³/mol. The normalized spacial score (nSPS) is 11.2. The summed E-state index contributed by atoms with van der Waals surface area (Å²) in [4.78, 5) is 0. The second-order valence-electron chi connectivity index (χ2n) is 5.78. The van der Waals surface area contributed by atoms with E-state index in [1.54, 1.807) is 0 Å². The molecule has 0 aliphatic heterocycles. The number of imidazole rings is 2. The SMILES string of the molecule is Cc1c(C)[n+](C)cn1-c1ccc(-n2c[n+](C)c(C)c2C)nn1. The van der Waals surface area contributed by atoms with Crippen molar-refractivity contribution in [3.63, 3.8) is 0 Å². The van der Waals surface area contributed by atoms with Crippen molar-refractivity contribution < 1.29 is 9.13 Å². The van der Waals surface area contributed by atoms with E-state index in [1.165, 1.54) is 22.8 Å². The summed E-state index contributed by atoms with van der Waals surface area (Å²) in [6, 6.07) is 4.01. The lowest BCUT2D eigenvalue weighted by molar-refractivity contribution is -0.677. The summed E-state index contributed by atoms with van der Waals surface area (Å²) < 4.78 is 8.29. The van der Waals surface area contributed by atoms with Crippen molar-refractivity contribution in [3.05, 3.63) is 47.6 Å². The molecule has 0 aliphatic carbocycles. The fraction of sp³-hybridized carbons (Fsp3) is 0.375. The van der Waals surface area contributed by atoms with Gasteiger partial charge < -0.3 is 0 Å². The fourth-order valence-corrected chi connectivity index (χ4v) is 2.59. The molecule has 3 rings (SSSR count). The molecule has 114 valence electrons. The standard InChI is InChI=1S/C16H22N6/c1-11-13(3)21(9-19(11)5)15-7-8-16(18-17-15)22-10-20(6)12(2)14(22)4/h7-10H,1-6H3/q+2. The highest BCUT2D eigenvalue weighted by Gasteiger charge is 2.19. The van der Waals surface area contributed by atoms with Gasteiger partial charge in [-0.1, -0.05) is 0 Å². The second kappa shape index (κ2) is 5.05. The van der Waals surface area contributed by atoms with Gasteiger partial charge in [0.05, 0.1) is 14.1 Å². The van der Waals surface area contributed by atoms with E-state index in [-0.39, 0.29) is 0 Å². The van der Waals surface area contributed by atoms with Crippen LogP contribution in [-0.4, -0.2) is 19.3 Å². The number of nitrogens with zero attached hydrogens (tertiary/aromatic N) is 6. The van der Waals surface area contributed by atoms with E-state index < -0.39 is 0 Å². The van der Waals surface area contributed by atoms with Crippen LogP contribution in [-0.2, 0) is 14.1 Å². The van der Waals surface area contributed by atoms with Crippen LogP contribution in [0.4, 0.5) is 0 Å². The van der Waals surface area contributed by atoms with Crippen molar-refractivity contribution in [2.75, 3.05) is 0 Å². The van der Waals surface area contributed by atoms with E-state index in [0.717, 1.165) is 11.6 Å². The van der Waals surface area contributed by atoms with E-state index in [9.17, 15) is 0 Å². The molecule has 3 aromatic rings. The number of hydrogen-bond acceptors (Lipinski definition) is 2. The summed E-state index contributed by atoms with van der Waals surface area (Å²) in [5, 5.41) is 8.78. The molecule has 6 heteroatoms. The Hall–Kier alpha value is -2.50. The third kappa shape index (κ3) is 2.11. The van der Waals surface area contributed by atoms with Crippen molar-refractivity contribution in [3.8, 4) is 11.6 Å². The molecule has 0 fully saturated rings. The fourth-order valence-electron chi connectivity index (χ4n) is 2.59. The summed E-state index contributed by atoms with van der Waals surface area (Å²) >= 11 is 0. The molecular formula is C16H22N6+2. The maximum absolute atomic E-state index is 4.39. The monoisotopic (exact) mass is 298 g/mol. The van der Waals surface area contributed by atoms with Crippen LogP contribution < -0.4 is 9.13 Å². The van der Waals surface area contributed by atoms with Crippen LogP contribution >= 0.6 is 0 Å². The van der Waals surface area contributed by atoms with Gasteiger partial charge in [-0.25, -0.2) is 9.13 Å². The molecule has 0 N–H and O–H groups in total. The molecule has 22 heavy (non-hydrogen) atoms. The smallest absolute Gasteiger partial charge is 0.236 e. The van der Waals surface area contributed by atoms with E-state index in [1.807, 2.05) is 38.9 Å². The number of aryl methyl sites for hydroxylation is 2. The number of aromatic nitrogens is 6. The molecule has 0 bridgehead atoms. The van der Waals surface area contributed by atoms with Crippen LogP contribution in [0.25, 0.3) is 11.6 Å². The Balaban J connectivity index is 2.02. The molecule has 3 aromatic heterocycles. The van der Waals surface area contributed by atoms with E-state index in [4.69, 9.17) is 0 Å². The highest BCUT2D eigenvalue weighted by molar-refractivity contribution is 5.31. The van der Waals surface area contributed by atoms with Gasteiger partial charge in [-0.05, 0) is 0 Å². The van der Waals surface area contributed by atoms with Crippen molar-refractivity contribution in [2.45, 2.75) is 27.7 Å². The summed E-state index contributed by atoms with van der Waals surface area (Å²) in [5.74, 6) is 1.66. The highest BCUT2D eigenvalue weighted by Crippen LogP contribution is 2.13. The summed E-state index contributed by atoms with van der Waals surface area (Å²) in [7, 11) is 4.07. The van der Waals surface area contributed by atoms with Gasteiger partial charge >= 0.3 is 0 Å². The van der Waals surface area contributed by atoms with Crippen molar-refractivity contribution in [1.82, 2.24) is 19.3 Å². The Morgan fingerprint density at radius 1 is 0.727 bits per heavy atom. The Morgan fingerprint density at radius 2 is 1.09 bits per heavy atom. The molecule has 0 spiro atoms. The first-order chi connectivity index (χ1) is 10.4. The molecule has 0 aliphatic rings. The minimum Gasteiger partial charge on any atom is -0.236 e. The first kappa shape index (κ1) is 14.4. The molecule has 0 saturated carbocycles. The van der Waals surface area contributed by atoms with E-state index in [2.05, 4.69) is 56.2 Å². The van der Waals surface area contributed by atoms with Gasteiger partial charge in [-0.3, -0.25) is 0 Å². The van der Waals surface area contributed by atoms with Gasteiger partial charge in [0.2, 0.25) is 24.3 Å². The first-order valence-electron chi connectivity index (χ1n) is 7.33. The first-order valence-corrected chi connectivity index (χ1v) is 7.33. The van der Waals surface area contributed by atoms with Gasteiger partial charge in [0, 0.05) is 39.8 Å². The Kier molecular flexibility index (Phi) is 3.31. The van der Waals surface area contributed by atoms with Gasteiger partial charge in [-0.15, -0.1) is 10.2 Å². The molecule has 3 heterocycles. The Bertz CT molecular complexity index is 767. The number of hydrogen-bond donors (Lipinski definition) is 0. The minimum atomic E-state index is 0.829. The molecule has 0 radical (unpaired) electrons. The van der Waals surface area contributed by atoms with Crippen molar-refractivity contribution >= 4 is 0 Å². The maximum atomic E-state index is 4.39. The topological polar surface area (TPSA) is 43.4 Å². The second-order valence-corrected chi connectivity index (χ2v) is 5.78. The van der Waals surface area contributed by atoms with Crippen LogP contribution in [0.15, 0.2) is 24.8 Å². The Morgan fingerprint density at radius 3 is 1.32 bits per heavy atom. The lowest BCUT2D eigenvalue weighted by atomic mass is 10.3. The van der Waals surface area contributed by atoms with Gasteiger partial charge in [0.25, 0.3) is 0 Å². The zero-order valence-corrected chi connectivity index (χ0v) is 14.0. The molecule has 0 unspecified atom stereocenters. The molecule has 0 aromatic carbocycles. The zero-order valence-electron chi connectivity index (χ0n) is 14.0. The summed E-state index contributed by atoms with van der Waals surface area (Å²) in [5.41, 5.74) is 4.78. The van der Waals surface area contributed by atoms with Crippen LogP contribution in [0.2, 0.25) is 0 Å². The average Bonchev–Trinajstić information content (AvgIpc) is 2.92. The number of rotatable bonds is 2. The lowest BCUT2D eigenvalue weighted by Gasteiger charge is -1.98. The maximum Gasteiger partial charge on any atom is 0.250 e. The van der Waals surface area contributed by atoms with Crippen LogP contribution in [0.5, 0.6) is 0 Å². The lowest BCUT2D eigenvalue weighted by Crippen LogP contribution is -2.28. The van der Waals surface area contributed by atoms with Crippen molar-refractivity contribution in [2.24, 2.45) is 14.1 Å². The van der Waals surface area contributed by atoms with Gasteiger partial charge in [-0.2, -0.15) is 9.13 Å². The summed E-state index contributed by atoms with van der Waals surface area (Å²) in [6.07, 6.45) is 4.05. The zero-order chi connectivity index (χ0) is 16.0. The molecule has 0 saturated heterocycles. The quantitative estimate of drug-likeness (QED) is 0.661. The minimum absolute atomic E-state index is 0.829. The predicted octanol–water partition coefficient (Wildman–Crippen LogP) is 0.941. The van der Waals surface area contributed by atoms with Crippen LogP contribution in [0, 0.1) is 27.7 Å². The van der Waals surface area contributed by atoms with Gasteiger partial charge in [0.1, 0.15) is 22.8 Å². The largest absolute Gasteiger partial charge is 0.250 e. The van der Waals surface area contributed by atoms with Crippen molar-refractivity contribution in [1.29, 1.82) is 0 Å². The van der Waals surface area contributed by atoms with E-state index in [0.29, 0.717) is 0 Å². The average molecular weight is 298 g/mol. The van der Waals surface area contributed by atoms with E-state index >= 15 is 0 Å². The third-order valence-corrected chi connectivity index (χ3v) is 4.54. The highest BCUT2D eigenvalue weighted by atomic mass is 15.3. The third-order valence-electron chi connectivity index (χ3n) is 4.54. The summed E-state index contributed by atoms with van der Waals surface area (Å²) in [6.45, 7) is 8.37. The van der Waals surface area contributed by atoms with Gasteiger partial charge in [0.15, 0.2) is 0 Å². The van der Waals surface area contributed by atoms with Crippen LogP contribution in [0.1, 0.15) is 22.8 Å². The molecule has 0 atom stereocenters.